The predicted molar refractivity (Wildman–Crippen MR) is 73.8 cm³/mol. The largest absolute Gasteiger partial charge is 0.338 e. The Kier molecular flexibility index (Phi) is 6.05. The lowest BCUT2D eigenvalue weighted by atomic mass is 10.1. The minimum absolute atomic E-state index is 0.110. The van der Waals surface area contributed by atoms with Crippen LogP contribution >= 0.6 is 15.9 Å². The van der Waals surface area contributed by atoms with E-state index in [4.69, 9.17) is 0 Å². The maximum Gasteiger partial charge on any atom is 0.315 e. The first kappa shape index (κ1) is 14.0. The SMILES string of the molecule is CC(C)CCNC(=O)NCc1ccccc1Br. The highest BCUT2D eigenvalue weighted by atomic mass is 79.9. The summed E-state index contributed by atoms with van der Waals surface area (Å²) in [5.41, 5.74) is 1.08. The number of hydrogen-bond acceptors (Lipinski definition) is 1. The van der Waals surface area contributed by atoms with Crippen molar-refractivity contribution in [3.05, 3.63) is 34.3 Å². The second-order valence-corrected chi connectivity index (χ2v) is 5.24. The van der Waals surface area contributed by atoms with Crippen LogP contribution in [-0.2, 0) is 6.54 Å². The summed E-state index contributed by atoms with van der Waals surface area (Å²) >= 11 is 3.45. The smallest absolute Gasteiger partial charge is 0.315 e. The number of nitrogens with one attached hydrogen (secondary N) is 2. The van der Waals surface area contributed by atoms with Gasteiger partial charge >= 0.3 is 6.03 Å². The van der Waals surface area contributed by atoms with Crippen molar-refractivity contribution in [3.63, 3.8) is 0 Å². The summed E-state index contributed by atoms with van der Waals surface area (Å²) in [6.45, 7) is 5.54. The average Bonchev–Trinajstić information content (AvgIpc) is 2.27. The number of amides is 2. The lowest BCUT2D eigenvalue weighted by Crippen LogP contribution is -2.35. The van der Waals surface area contributed by atoms with Crippen molar-refractivity contribution in [2.75, 3.05) is 6.54 Å². The molecule has 0 aromatic heterocycles. The Morgan fingerprint density at radius 3 is 2.65 bits per heavy atom. The highest BCUT2D eigenvalue weighted by Crippen LogP contribution is 2.15. The normalized spacial score (nSPS) is 10.4. The van der Waals surface area contributed by atoms with E-state index in [-0.39, 0.29) is 6.03 Å². The van der Waals surface area contributed by atoms with Crippen molar-refractivity contribution in [1.82, 2.24) is 10.6 Å². The van der Waals surface area contributed by atoms with Gasteiger partial charge in [-0.1, -0.05) is 48.0 Å². The second-order valence-electron chi connectivity index (χ2n) is 4.38. The van der Waals surface area contributed by atoms with Gasteiger partial charge in [-0.25, -0.2) is 4.79 Å². The van der Waals surface area contributed by atoms with Gasteiger partial charge < -0.3 is 10.6 Å². The molecule has 1 aromatic carbocycles. The standard InChI is InChI=1S/C13H19BrN2O/c1-10(2)7-8-15-13(17)16-9-11-5-3-4-6-12(11)14/h3-6,10H,7-9H2,1-2H3,(H2,15,16,17). The molecule has 0 bridgehead atoms. The topological polar surface area (TPSA) is 41.1 Å². The van der Waals surface area contributed by atoms with Gasteiger partial charge in [0.05, 0.1) is 0 Å². The number of carbonyl (C=O) groups is 1. The van der Waals surface area contributed by atoms with Crippen LogP contribution in [0.5, 0.6) is 0 Å². The molecule has 0 radical (unpaired) electrons. The molecule has 0 aliphatic carbocycles. The Bertz CT molecular complexity index is 366. The molecule has 1 aromatic rings. The van der Waals surface area contributed by atoms with Crippen LogP contribution in [0.25, 0.3) is 0 Å². The molecule has 1 rings (SSSR count). The van der Waals surface area contributed by atoms with E-state index in [0.717, 1.165) is 23.0 Å². The van der Waals surface area contributed by atoms with E-state index in [1.807, 2.05) is 24.3 Å². The minimum Gasteiger partial charge on any atom is -0.338 e. The molecule has 0 saturated heterocycles. The molecule has 4 heteroatoms. The first-order chi connectivity index (χ1) is 8.09. The fraction of sp³-hybridized carbons (Fsp3) is 0.462. The fourth-order valence-electron chi connectivity index (χ4n) is 1.35. The number of benzene rings is 1. The average molecular weight is 299 g/mol. The van der Waals surface area contributed by atoms with Crippen molar-refractivity contribution >= 4 is 22.0 Å². The van der Waals surface area contributed by atoms with Crippen molar-refractivity contribution < 1.29 is 4.79 Å². The predicted octanol–water partition coefficient (Wildman–Crippen LogP) is 3.29. The minimum atomic E-state index is -0.110. The van der Waals surface area contributed by atoms with Gasteiger partial charge in [0.15, 0.2) is 0 Å². The summed E-state index contributed by atoms with van der Waals surface area (Å²) in [7, 11) is 0. The van der Waals surface area contributed by atoms with Crippen molar-refractivity contribution in [2.24, 2.45) is 5.92 Å². The van der Waals surface area contributed by atoms with Gasteiger partial charge in [-0.2, -0.15) is 0 Å². The highest BCUT2D eigenvalue weighted by Gasteiger charge is 2.02. The Balaban J connectivity index is 2.26. The number of hydrogen-bond donors (Lipinski definition) is 2. The summed E-state index contributed by atoms with van der Waals surface area (Å²) in [6.07, 6.45) is 1.00. The van der Waals surface area contributed by atoms with Crippen molar-refractivity contribution in [2.45, 2.75) is 26.8 Å². The van der Waals surface area contributed by atoms with E-state index in [1.165, 1.54) is 0 Å². The molecule has 0 unspecified atom stereocenters. The van der Waals surface area contributed by atoms with Gasteiger partial charge in [-0.3, -0.25) is 0 Å². The molecule has 0 fully saturated rings. The summed E-state index contributed by atoms with van der Waals surface area (Å²) in [6, 6.07) is 7.75. The maximum absolute atomic E-state index is 11.5. The molecule has 0 saturated carbocycles. The van der Waals surface area contributed by atoms with Crippen molar-refractivity contribution in [3.8, 4) is 0 Å². The lowest BCUT2D eigenvalue weighted by Gasteiger charge is -2.09. The number of rotatable bonds is 5. The number of urea groups is 1. The zero-order chi connectivity index (χ0) is 12.7. The maximum atomic E-state index is 11.5. The molecule has 2 amide bonds. The molecule has 3 nitrogen and oxygen atoms in total. The first-order valence-corrected chi connectivity index (χ1v) is 6.64. The van der Waals surface area contributed by atoms with Crippen LogP contribution in [0.3, 0.4) is 0 Å². The van der Waals surface area contributed by atoms with E-state index in [2.05, 4.69) is 40.4 Å². The number of halogens is 1. The van der Waals surface area contributed by atoms with Gasteiger partial charge in [0, 0.05) is 17.6 Å². The summed E-state index contributed by atoms with van der Waals surface area (Å²) < 4.78 is 1.02. The van der Waals surface area contributed by atoms with E-state index in [0.29, 0.717) is 12.5 Å². The van der Waals surface area contributed by atoms with Gasteiger partial charge in [0.1, 0.15) is 0 Å². The summed E-state index contributed by atoms with van der Waals surface area (Å²) in [5.74, 6) is 0.610. The van der Waals surface area contributed by atoms with Crippen LogP contribution in [0.2, 0.25) is 0 Å². The third kappa shape index (κ3) is 5.73. The zero-order valence-electron chi connectivity index (χ0n) is 10.3. The third-order valence-electron chi connectivity index (χ3n) is 2.40. The quantitative estimate of drug-likeness (QED) is 0.860. The molecule has 0 atom stereocenters. The van der Waals surface area contributed by atoms with Gasteiger partial charge in [0.25, 0.3) is 0 Å². The Morgan fingerprint density at radius 2 is 2.00 bits per heavy atom. The summed E-state index contributed by atoms with van der Waals surface area (Å²) in [4.78, 5) is 11.5. The van der Waals surface area contributed by atoms with Gasteiger partial charge in [0.2, 0.25) is 0 Å². The zero-order valence-corrected chi connectivity index (χ0v) is 11.9. The lowest BCUT2D eigenvalue weighted by molar-refractivity contribution is 0.240. The van der Waals surface area contributed by atoms with E-state index >= 15 is 0 Å². The van der Waals surface area contributed by atoms with Gasteiger partial charge in [-0.05, 0) is 24.0 Å². The van der Waals surface area contributed by atoms with Crippen LogP contribution in [0.1, 0.15) is 25.8 Å². The van der Waals surface area contributed by atoms with Crippen molar-refractivity contribution in [1.29, 1.82) is 0 Å². The fourth-order valence-corrected chi connectivity index (χ4v) is 1.78. The molecule has 2 N–H and O–H groups in total. The molecular formula is C13H19BrN2O. The Labute approximate surface area is 111 Å². The Morgan fingerprint density at radius 1 is 1.29 bits per heavy atom. The molecule has 0 aliphatic heterocycles. The first-order valence-electron chi connectivity index (χ1n) is 5.84. The molecule has 0 heterocycles. The molecule has 0 aliphatic rings. The third-order valence-corrected chi connectivity index (χ3v) is 3.18. The van der Waals surface area contributed by atoms with E-state index in [1.54, 1.807) is 0 Å². The van der Waals surface area contributed by atoms with Crippen LogP contribution in [0.15, 0.2) is 28.7 Å². The summed E-state index contributed by atoms with van der Waals surface area (Å²) in [5, 5.41) is 5.67. The number of carbonyl (C=O) groups excluding carboxylic acids is 1. The van der Waals surface area contributed by atoms with Crippen LogP contribution < -0.4 is 10.6 Å². The highest BCUT2D eigenvalue weighted by molar-refractivity contribution is 9.10. The molecule has 94 valence electrons. The molecular weight excluding hydrogens is 280 g/mol. The van der Waals surface area contributed by atoms with E-state index in [9.17, 15) is 4.79 Å². The van der Waals surface area contributed by atoms with E-state index < -0.39 is 0 Å². The van der Waals surface area contributed by atoms with Crippen LogP contribution in [0, 0.1) is 5.92 Å². The Hall–Kier alpha value is -1.03. The van der Waals surface area contributed by atoms with Crippen LogP contribution in [0.4, 0.5) is 4.79 Å². The second kappa shape index (κ2) is 7.33. The van der Waals surface area contributed by atoms with Crippen LogP contribution in [-0.4, -0.2) is 12.6 Å². The van der Waals surface area contributed by atoms with Gasteiger partial charge in [-0.15, -0.1) is 0 Å². The molecule has 0 spiro atoms. The molecule has 17 heavy (non-hydrogen) atoms. The monoisotopic (exact) mass is 298 g/mol.